The van der Waals surface area contributed by atoms with Crippen molar-refractivity contribution in [2.24, 2.45) is 13.0 Å². The van der Waals surface area contributed by atoms with E-state index in [2.05, 4.69) is 10.00 Å². The molecule has 2 heterocycles. The number of rotatable bonds is 3. The van der Waals surface area contributed by atoms with E-state index in [1.165, 1.54) is 19.4 Å². The molecular weight excluding hydrogens is 252 g/mol. The molecule has 0 atom stereocenters. The standard InChI is InChI=1S/C15H24N4O/c1-12-10-14(16-17(12)2)15(20)19-7-3-6-18(8-9-19)11-13-4-5-13/h10,13H,3-9,11H2,1-2H3. The molecule has 3 rings (SSSR count). The lowest BCUT2D eigenvalue weighted by atomic mass is 10.3. The monoisotopic (exact) mass is 276 g/mol. The Hall–Kier alpha value is -1.36. The van der Waals surface area contributed by atoms with Gasteiger partial charge in [-0.2, -0.15) is 5.10 Å². The number of hydrogen-bond donors (Lipinski definition) is 0. The van der Waals surface area contributed by atoms with Gasteiger partial charge < -0.3 is 9.80 Å². The first kappa shape index (κ1) is 13.6. The third-order valence-corrected chi connectivity index (χ3v) is 4.42. The average molecular weight is 276 g/mol. The second-order valence-corrected chi connectivity index (χ2v) is 6.18. The molecule has 2 aliphatic rings. The van der Waals surface area contributed by atoms with Gasteiger partial charge in [-0.1, -0.05) is 0 Å². The fourth-order valence-electron chi connectivity index (χ4n) is 2.85. The summed E-state index contributed by atoms with van der Waals surface area (Å²) in [5, 5.41) is 4.31. The van der Waals surface area contributed by atoms with Gasteiger partial charge in [-0.05, 0) is 44.7 Å². The number of carbonyl (C=O) groups excluding carboxylic acids is 1. The molecule has 1 amide bonds. The van der Waals surface area contributed by atoms with Crippen LogP contribution in [0.3, 0.4) is 0 Å². The van der Waals surface area contributed by atoms with Crippen LogP contribution in [0.1, 0.15) is 35.4 Å². The first-order valence-electron chi connectivity index (χ1n) is 7.66. The van der Waals surface area contributed by atoms with Gasteiger partial charge in [0.1, 0.15) is 0 Å². The molecule has 1 saturated heterocycles. The smallest absolute Gasteiger partial charge is 0.274 e. The fraction of sp³-hybridized carbons (Fsp3) is 0.733. The Morgan fingerprint density at radius 2 is 2.10 bits per heavy atom. The summed E-state index contributed by atoms with van der Waals surface area (Å²) in [6, 6.07) is 1.88. The number of amides is 1. The minimum atomic E-state index is 0.0852. The fourth-order valence-corrected chi connectivity index (χ4v) is 2.85. The average Bonchev–Trinajstić information content (AvgIpc) is 3.20. The van der Waals surface area contributed by atoms with Gasteiger partial charge in [-0.15, -0.1) is 0 Å². The van der Waals surface area contributed by atoms with Crippen molar-refractivity contribution in [3.63, 3.8) is 0 Å². The predicted molar refractivity (Wildman–Crippen MR) is 77.6 cm³/mol. The maximum atomic E-state index is 12.5. The SMILES string of the molecule is Cc1cc(C(=O)N2CCCN(CC3CC3)CC2)nn1C. The second-order valence-electron chi connectivity index (χ2n) is 6.18. The van der Waals surface area contributed by atoms with E-state index in [4.69, 9.17) is 0 Å². The molecule has 1 aliphatic heterocycles. The van der Waals surface area contributed by atoms with Gasteiger partial charge in [-0.25, -0.2) is 0 Å². The van der Waals surface area contributed by atoms with Crippen LogP contribution in [0, 0.1) is 12.8 Å². The number of hydrogen-bond acceptors (Lipinski definition) is 3. The minimum absolute atomic E-state index is 0.0852. The van der Waals surface area contributed by atoms with Crippen molar-refractivity contribution >= 4 is 5.91 Å². The molecule has 0 radical (unpaired) electrons. The van der Waals surface area contributed by atoms with Gasteiger partial charge in [-0.3, -0.25) is 9.48 Å². The summed E-state index contributed by atoms with van der Waals surface area (Å²) in [5.74, 6) is 1.01. The summed E-state index contributed by atoms with van der Waals surface area (Å²) in [7, 11) is 1.88. The number of carbonyl (C=O) groups is 1. The van der Waals surface area contributed by atoms with E-state index in [0.717, 1.165) is 44.2 Å². The van der Waals surface area contributed by atoms with Gasteiger partial charge >= 0.3 is 0 Å². The van der Waals surface area contributed by atoms with Crippen LogP contribution in [-0.2, 0) is 7.05 Å². The Labute approximate surface area is 120 Å². The molecule has 0 aromatic carbocycles. The Balaban J connectivity index is 1.60. The lowest BCUT2D eigenvalue weighted by Crippen LogP contribution is -2.36. The van der Waals surface area contributed by atoms with Crippen molar-refractivity contribution in [2.75, 3.05) is 32.7 Å². The number of aryl methyl sites for hydroxylation is 2. The van der Waals surface area contributed by atoms with Crippen LogP contribution in [0.25, 0.3) is 0 Å². The van der Waals surface area contributed by atoms with E-state index in [9.17, 15) is 4.79 Å². The molecule has 0 N–H and O–H groups in total. The molecule has 0 spiro atoms. The quantitative estimate of drug-likeness (QED) is 0.835. The van der Waals surface area contributed by atoms with Crippen molar-refractivity contribution in [3.05, 3.63) is 17.5 Å². The summed E-state index contributed by atoms with van der Waals surface area (Å²) in [5.41, 5.74) is 1.61. The van der Waals surface area contributed by atoms with Crippen LogP contribution in [0.4, 0.5) is 0 Å². The van der Waals surface area contributed by atoms with Crippen LogP contribution < -0.4 is 0 Å². The molecule has 1 saturated carbocycles. The molecule has 0 bridgehead atoms. The molecule has 5 nitrogen and oxygen atoms in total. The number of nitrogens with zero attached hydrogens (tertiary/aromatic N) is 4. The van der Waals surface area contributed by atoms with Crippen LogP contribution in [0.15, 0.2) is 6.07 Å². The van der Waals surface area contributed by atoms with Gasteiger partial charge in [0.15, 0.2) is 5.69 Å². The Morgan fingerprint density at radius 1 is 1.30 bits per heavy atom. The lowest BCUT2D eigenvalue weighted by molar-refractivity contribution is 0.0754. The van der Waals surface area contributed by atoms with Crippen LogP contribution in [0.5, 0.6) is 0 Å². The Kier molecular flexibility index (Phi) is 3.78. The molecule has 20 heavy (non-hydrogen) atoms. The third kappa shape index (κ3) is 3.03. The number of aromatic nitrogens is 2. The van der Waals surface area contributed by atoms with Crippen molar-refractivity contribution < 1.29 is 4.79 Å². The molecule has 5 heteroatoms. The zero-order valence-corrected chi connectivity index (χ0v) is 12.5. The van der Waals surface area contributed by atoms with E-state index >= 15 is 0 Å². The summed E-state index contributed by atoms with van der Waals surface area (Å²) in [6.07, 6.45) is 3.86. The van der Waals surface area contributed by atoms with Gasteiger partial charge in [0, 0.05) is 38.9 Å². The largest absolute Gasteiger partial charge is 0.336 e. The molecule has 0 unspecified atom stereocenters. The zero-order chi connectivity index (χ0) is 14.1. The summed E-state index contributed by atoms with van der Waals surface area (Å²) >= 11 is 0. The van der Waals surface area contributed by atoms with Crippen molar-refractivity contribution in [1.29, 1.82) is 0 Å². The van der Waals surface area contributed by atoms with Crippen molar-refractivity contribution in [1.82, 2.24) is 19.6 Å². The third-order valence-electron chi connectivity index (χ3n) is 4.42. The van der Waals surface area contributed by atoms with Gasteiger partial charge in [0.05, 0.1) is 0 Å². The Morgan fingerprint density at radius 3 is 2.75 bits per heavy atom. The normalized spacial score (nSPS) is 21.0. The molecule has 1 aromatic heterocycles. The molecule has 1 aromatic rings. The van der Waals surface area contributed by atoms with E-state index in [1.807, 2.05) is 24.9 Å². The van der Waals surface area contributed by atoms with E-state index in [-0.39, 0.29) is 5.91 Å². The zero-order valence-electron chi connectivity index (χ0n) is 12.5. The van der Waals surface area contributed by atoms with Crippen molar-refractivity contribution in [2.45, 2.75) is 26.2 Å². The van der Waals surface area contributed by atoms with E-state index in [1.54, 1.807) is 4.68 Å². The van der Waals surface area contributed by atoms with Crippen LogP contribution >= 0.6 is 0 Å². The highest BCUT2D eigenvalue weighted by atomic mass is 16.2. The van der Waals surface area contributed by atoms with Crippen LogP contribution in [0.2, 0.25) is 0 Å². The summed E-state index contributed by atoms with van der Waals surface area (Å²) < 4.78 is 1.77. The molecule has 2 fully saturated rings. The first-order chi connectivity index (χ1) is 9.63. The van der Waals surface area contributed by atoms with Gasteiger partial charge in [0.2, 0.25) is 0 Å². The molecule has 1 aliphatic carbocycles. The minimum Gasteiger partial charge on any atom is -0.336 e. The van der Waals surface area contributed by atoms with E-state index in [0.29, 0.717) is 5.69 Å². The second kappa shape index (κ2) is 5.56. The topological polar surface area (TPSA) is 41.4 Å². The summed E-state index contributed by atoms with van der Waals surface area (Å²) in [6.45, 7) is 7.03. The van der Waals surface area contributed by atoms with Crippen LogP contribution in [-0.4, -0.2) is 58.2 Å². The maximum absolute atomic E-state index is 12.5. The highest BCUT2D eigenvalue weighted by Gasteiger charge is 2.27. The Bertz CT molecular complexity index is 473. The van der Waals surface area contributed by atoms with E-state index < -0.39 is 0 Å². The highest BCUT2D eigenvalue weighted by Crippen LogP contribution is 2.29. The predicted octanol–water partition coefficient (Wildman–Crippen LogP) is 1.29. The van der Waals surface area contributed by atoms with Gasteiger partial charge in [0.25, 0.3) is 5.91 Å². The molecular formula is C15H24N4O. The highest BCUT2D eigenvalue weighted by molar-refractivity contribution is 5.92. The maximum Gasteiger partial charge on any atom is 0.274 e. The van der Waals surface area contributed by atoms with Crippen molar-refractivity contribution in [3.8, 4) is 0 Å². The first-order valence-corrected chi connectivity index (χ1v) is 7.66. The summed E-state index contributed by atoms with van der Waals surface area (Å²) in [4.78, 5) is 17.0. The lowest BCUT2D eigenvalue weighted by Gasteiger charge is -2.21. The molecule has 110 valence electrons.